The third kappa shape index (κ3) is 3.15. The number of carbonyl (C=O) groups excluding carboxylic acids is 2. The van der Waals surface area contributed by atoms with Gasteiger partial charge in [-0.05, 0) is 12.1 Å². The molecule has 1 amide bonds. The summed E-state index contributed by atoms with van der Waals surface area (Å²) in [6.07, 6.45) is -2.96. The van der Waals surface area contributed by atoms with Crippen molar-refractivity contribution in [2.45, 2.75) is 12.6 Å². The Morgan fingerprint density at radius 1 is 1.11 bits per heavy atom. The predicted molar refractivity (Wildman–Crippen MR) is 93.7 cm³/mol. The zero-order valence-corrected chi connectivity index (χ0v) is 14.3. The smallest absolute Gasteiger partial charge is 0.356 e. The van der Waals surface area contributed by atoms with Gasteiger partial charge in [0.1, 0.15) is 0 Å². The lowest BCUT2D eigenvalue weighted by Gasteiger charge is -2.11. The van der Waals surface area contributed by atoms with Gasteiger partial charge in [-0.2, -0.15) is 13.2 Å². The van der Waals surface area contributed by atoms with Gasteiger partial charge < -0.3 is 10.3 Å². The Morgan fingerprint density at radius 2 is 1.89 bits per heavy atom. The number of alkyl halides is 3. The molecule has 0 spiro atoms. The number of nitrogens with one attached hydrogen (secondary N) is 2. The topological polar surface area (TPSA) is 87.7 Å². The number of ketones is 1. The van der Waals surface area contributed by atoms with Gasteiger partial charge in [0, 0.05) is 36.0 Å². The van der Waals surface area contributed by atoms with Crippen LogP contribution in [0.25, 0.3) is 22.8 Å². The zero-order valence-electron chi connectivity index (χ0n) is 14.3. The van der Waals surface area contributed by atoms with Crippen LogP contribution in [0.2, 0.25) is 0 Å². The van der Waals surface area contributed by atoms with Gasteiger partial charge >= 0.3 is 6.18 Å². The standard InChI is InChI=1S/C19H13F3N4O2/c20-19(21,22)16(27)10-3-1-2-4-11(10)17-23-7-6-14(26-17)15-9-12-13(25-15)5-8-24-18(12)28/h1-4,6-7,9,25H,5,8H2,(H,24,28). The quantitative estimate of drug-likeness (QED) is 0.677. The third-order valence-electron chi connectivity index (χ3n) is 4.41. The molecule has 3 aromatic rings. The van der Waals surface area contributed by atoms with Crippen LogP contribution in [-0.2, 0) is 6.42 Å². The molecule has 3 heterocycles. The van der Waals surface area contributed by atoms with Gasteiger partial charge in [0.2, 0.25) is 0 Å². The molecule has 1 aliphatic rings. The van der Waals surface area contributed by atoms with Crippen LogP contribution < -0.4 is 5.32 Å². The first-order chi connectivity index (χ1) is 13.3. The lowest BCUT2D eigenvalue weighted by atomic mass is 10.0. The molecule has 0 bridgehead atoms. The molecule has 0 aliphatic carbocycles. The minimum absolute atomic E-state index is 0.0114. The highest BCUT2D eigenvalue weighted by Crippen LogP contribution is 2.29. The maximum atomic E-state index is 12.9. The molecule has 0 fully saturated rings. The van der Waals surface area contributed by atoms with Gasteiger partial charge in [0.25, 0.3) is 11.7 Å². The second-order valence-electron chi connectivity index (χ2n) is 6.22. The number of rotatable bonds is 3. The summed E-state index contributed by atoms with van der Waals surface area (Å²) in [6, 6.07) is 8.54. The van der Waals surface area contributed by atoms with Gasteiger partial charge in [0.05, 0.1) is 17.0 Å². The first-order valence-corrected chi connectivity index (χ1v) is 8.39. The Balaban J connectivity index is 1.77. The van der Waals surface area contributed by atoms with Crippen LogP contribution in [0.5, 0.6) is 0 Å². The van der Waals surface area contributed by atoms with E-state index >= 15 is 0 Å². The number of hydrogen-bond acceptors (Lipinski definition) is 4. The molecule has 0 atom stereocenters. The molecule has 0 radical (unpaired) electrons. The van der Waals surface area contributed by atoms with Crippen LogP contribution in [0, 0.1) is 0 Å². The number of hydrogen-bond donors (Lipinski definition) is 2. The number of Topliss-reactive ketones (excluding diaryl/α,β-unsaturated/α-hetero) is 1. The van der Waals surface area contributed by atoms with E-state index < -0.39 is 17.5 Å². The number of aromatic nitrogens is 3. The Kier molecular flexibility index (Phi) is 4.21. The number of carbonyl (C=O) groups is 2. The Morgan fingerprint density at radius 3 is 2.64 bits per heavy atom. The summed E-state index contributed by atoms with van der Waals surface area (Å²) in [5.41, 5.74) is 1.70. The minimum atomic E-state index is -5.00. The lowest BCUT2D eigenvalue weighted by molar-refractivity contribution is -0.0884. The molecular formula is C19H13F3N4O2. The summed E-state index contributed by atoms with van der Waals surface area (Å²) in [6.45, 7) is 0.522. The molecule has 0 saturated heterocycles. The molecule has 1 aliphatic heterocycles. The highest BCUT2D eigenvalue weighted by molar-refractivity contribution is 6.05. The summed E-state index contributed by atoms with van der Waals surface area (Å²) in [5, 5.41) is 2.74. The SMILES string of the molecule is O=C1NCCc2[nH]c(-c3ccnc(-c4ccccc4C(=O)C(F)(F)F)n3)cc21. The van der Waals surface area contributed by atoms with E-state index in [9.17, 15) is 22.8 Å². The summed E-state index contributed by atoms with van der Waals surface area (Å²) < 4.78 is 38.7. The molecule has 0 saturated carbocycles. The van der Waals surface area contributed by atoms with Crippen molar-refractivity contribution in [3.63, 3.8) is 0 Å². The molecule has 1 aromatic carbocycles. The second-order valence-corrected chi connectivity index (χ2v) is 6.22. The van der Waals surface area contributed by atoms with Crippen LogP contribution in [0.1, 0.15) is 26.4 Å². The van der Waals surface area contributed by atoms with Crippen molar-refractivity contribution in [3.05, 3.63) is 59.4 Å². The average molecular weight is 386 g/mol. The number of fused-ring (bicyclic) bond motifs is 1. The van der Waals surface area contributed by atoms with E-state index in [4.69, 9.17) is 0 Å². The third-order valence-corrected chi connectivity index (χ3v) is 4.41. The average Bonchev–Trinajstić information content (AvgIpc) is 3.13. The van der Waals surface area contributed by atoms with Crippen molar-refractivity contribution >= 4 is 11.7 Å². The number of aromatic amines is 1. The molecular weight excluding hydrogens is 373 g/mol. The maximum Gasteiger partial charge on any atom is 0.454 e. The van der Waals surface area contributed by atoms with Gasteiger partial charge in [-0.15, -0.1) is 0 Å². The fourth-order valence-electron chi connectivity index (χ4n) is 3.10. The van der Waals surface area contributed by atoms with Gasteiger partial charge in [0.15, 0.2) is 5.82 Å². The molecule has 0 unspecified atom stereocenters. The molecule has 9 heteroatoms. The summed E-state index contributed by atoms with van der Waals surface area (Å²) in [4.78, 5) is 35.1. The zero-order chi connectivity index (χ0) is 19.9. The van der Waals surface area contributed by atoms with Crippen molar-refractivity contribution < 1.29 is 22.8 Å². The minimum Gasteiger partial charge on any atom is -0.356 e. The van der Waals surface area contributed by atoms with Crippen molar-refractivity contribution in [1.29, 1.82) is 0 Å². The van der Waals surface area contributed by atoms with E-state index in [0.717, 1.165) is 11.8 Å². The number of halogens is 3. The molecule has 2 N–H and O–H groups in total. The second kappa shape index (κ2) is 6.59. The van der Waals surface area contributed by atoms with Crippen molar-refractivity contribution in [3.8, 4) is 22.8 Å². The molecule has 142 valence electrons. The summed E-state index contributed by atoms with van der Waals surface area (Å²) in [7, 11) is 0. The summed E-state index contributed by atoms with van der Waals surface area (Å²) >= 11 is 0. The van der Waals surface area contributed by atoms with Gasteiger partial charge in [-0.3, -0.25) is 9.59 Å². The first-order valence-electron chi connectivity index (χ1n) is 8.39. The number of amides is 1. The van der Waals surface area contributed by atoms with Crippen LogP contribution in [0.4, 0.5) is 13.2 Å². The number of H-pyrrole nitrogens is 1. The maximum absolute atomic E-state index is 12.9. The fourth-order valence-corrected chi connectivity index (χ4v) is 3.10. The monoisotopic (exact) mass is 386 g/mol. The van der Waals surface area contributed by atoms with Crippen molar-refractivity contribution in [2.24, 2.45) is 0 Å². The van der Waals surface area contributed by atoms with Crippen LogP contribution in [0.3, 0.4) is 0 Å². The van der Waals surface area contributed by atoms with Gasteiger partial charge in [-0.25, -0.2) is 9.97 Å². The van der Waals surface area contributed by atoms with E-state index in [1.807, 2.05) is 0 Å². The van der Waals surface area contributed by atoms with E-state index in [2.05, 4.69) is 20.3 Å². The van der Waals surface area contributed by atoms with Crippen LogP contribution in [-0.4, -0.2) is 39.4 Å². The van der Waals surface area contributed by atoms with Crippen molar-refractivity contribution in [2.75, 3.05) is 6.54 Å². The van der Waals surface area contributed by atoms with Gasteiger partial charge in [-0.1, -0.05) is 24.3 Å². The van der Waals surface area contributed by atoms with Crippen LogP contribution in [0.15, 0.2) is 42.6 Å². The number of benzene rings is 1. The Labute approximate surface area is 156 Å². The predicted octanol–water partition coefficient (Wildman–Crippen LogP) is 3.17. The lowest BCUT2D eigenvalue weighted by Crippen LogP contribution is -2.31. The molecule has 2 aromatic heterocycles. The van der Waals surface area contributed by atoms with Crippen LogP contribution >= 0.6 is 0 Å². The number of nitrogens with zero attached hydrogens (tertiary/aromatic N) is 2. The highest BCUT2D eigenvalue weighted by Gasteiger charge is 2.40. The van der Waals surface area contributed by atoms with E-state index in [0.29, 0.717) is 29.9 Å². The molecule has 28 heavy (non-hydrogen) atoms. The van der Waals surface area contributed by atoms with E-state index in [1.165, 1.54) is 24.4 Å². The summed E-state index contributed by atoms with van der Waals surface area (Å²) in [5.74, 6) is -2.16. The largest absolute Gasteiger partial charge is 0.454 e. The Hall–Kier alpha value is -3.49. The van der Waals surface area contributed by atoms with E-state index in [-0.39, 0.29) is 17.3 Å². The first kappa shape index (κ1) is 17.9. The normalized spacial score (nSPS) is 13.8. The molecule has 6 nitrogen and oxygen atoms in total. The fraction of sp³-hybridized carbons (Fsp3) is 0.158. The van der Waals surface area contributed by atoms with E-state index in [1.54, 1.807) is 12.1 Å². The highest BCUT2D eigenvalue weighted by atomic mass is 19.4. The molecule has 4 rings (SSSR count). The Bertz CT molecular complexity index is 1090. The van der Waals surface area contributed by atoms with Crippen molar-refractivity contribution in [1.82, 2.24) is 20.3 Å².